The summed E-state index contributed by atoms with van der Waals surface area (Å²) in [6, 6.07) is 6.15. The topological polar surface area (TPSA) is 69.6 Å². The van der Waals surface area contributed by atoms with Crippen LogP contribution in [-0.2, 0) is 0 Å². The van der Waals surface area contributed by atoms with Gasteiger partial charge in [0.1, 0.15) is 0 Å². The van der Waals surface area contributed by atoms with Crippen molar-refractivity contribution in [2.75, 3.05) is 31.1 Å². The molecule has 0 aliphatic carbocycles. The van der Waals surface area contributed by atoms with Gasteiger partial charge in [0.15, 0.2) is 0 Å². The number of pyridine rings is 2. The summed E-state index contributed by atoms with van der Waals surface area (Å²) in [6.45, 7) is 5.79. The molecule has 1 fully saturated rings. The Morgan fingerprint density at radius 2 is 1.83 bits per heavy atom. The molecule has 3 heterocycles. The molecule has 1 N–H and O–H groups in total. The minimum Gasteiger partial charge on any atom is -0.478 e. The smallest absolute Gasteiger partial charge is 0.337 e. The predicted octanol–water partition coefficient (Wildman–Crippen LogP) is 2.06. The highest BCUT2D eigenvalue weighted by Crippen LogP contribution is 2.23. The van der Waals surface area contributed by atoms with Crippen molar-refractivity contribution in [3.63, 3.8) is 0 Å². The van der Waals surface area contributed by atoms with E-state index < -0.39 is 5.97 Å². The van der Waals surface area contributed by atoms with Crippen LogP contribution < -0.4 is 4.90 Å². The maximum atomic E-state index is 11.1. The van der Waals surface area contributed by atoms with E-state index >= 15 is 0 Å². The van der Waals surface area contributed by atoms with Gasteiger partial charge >= 0.3 is 5.97 Å². The SMILES string of the molecule is CC(c1ccncc1)N1CCN(c2cncc(C(=O)O)c2)CC1. The Bertz CT molecular complexity index is 669. The molecule has 1 saturated heterocycles. The maximum Gasteiger partial charge on any atom is 0.337 e. The van der Waals surface area contributed by atoms with E-state index in [2.05, 4.69) is 38.8 Å². The van der Waals surface area contributed by atoms with E-state index in [9.17, 15) is 4.79 Å². The van der Waals surface area contributed by atoms with Gasteiger partial charge < -0.3 is 10.0 Å². The number of aromatic carboxylic acids is 1. The molecule has 0 bridgehead atoms. The van der Waals surface area contributed by atoms with E-state index in [0.717, 1.165) is 31.9 Å². The van der Waals surface area contributed by atoms with Gasteiger partial charge in [-0.25, -0.2) is 4.79 Å². The molecule has 1 aliphatic heterocycles. The van der Waals surface area contributed by atoms with Crippen LogP contribution in [0, 0.1) is 0 Å². The highest BCUT2D eigenvalue weighted by molar-refractivity contribution is 5.88. The van der Waals surface area contributed by atoms with Crippen LogP contribution in [0.25, 0.3) is 0 Å². The molecular formula is C17H20N4O2. The summed E-state index contributed by atoms with van der Waals surface area (Å²) < 4.78 is 0. The minimum absolute atomic E-state index is 0.232. The monoisotopic (exact) mass is 312 g/mol. The summed E-state index contributed by atoms with van der Waals surface area (Å²) in [6.07, 6.45) is 6.76. The molecule has 0 amide bonds. The van der Waals surface area contributed by atoms with Crippen LogP contribution in [0.5, 0.6) is 0 Å². The van der Waals surface area contributed by atoms with Gasteiger partial charge in [0, 0.05) is 50.8 Å². The number of carbonyl (C=O) groups is 1. The van der Waals surface area contributed by atoms with Crippen LogP contribution in [-0.4, -0.2) is 52.1 Å². The first kappa shape index (κ1) is 15.4. The van der Waals surface area contributed by atoms with E-state index in [1.165, 1.54) is 11.8 Å². The molecule has 0 saturated carbocycles. The summed E-state index contributed by atoms with van der Waals surface area (Å²) in [7, 11) is 0. The van der Waals surface area contributed by atoms with Crippen molar-refractivity contribution in [2.24, 2.45) is 0 Å². The lowest BCUT2D eigenvalue weighted by Gasteiger charge is -2.39. The predicted molar refractivity (Wildman–Crippen MR) is 87.6 cm³/mol. The number of aromatic nitrogens is 2. The van der Waals surface area contributed by atoms with Crippen LogP contribution in [0.1, 0.15) is 28.9 Å². The largest absolute Gasteiger partial charge is 0.478 e. The summed E-state index contributed by atoms with van der Waals surface area (Å²) in [5, 5.41) is 9.08. The van der Waals surface area contributed by atoms with Crippen molar-refractivity contribution in [1.82, 2.24) is 14.9 Å². The molecule has 6 heteroatoms. The highest BCUT2D eigenvalue weighted by atomic mass is 16.4. The minimum atomic E-state index is -0.940. The molecule has 6 nitrogen and oxygen atoms in total. The van der Waals surface area contributed by atoms with Crippen LogP contribution in [0.4, 0.5) is 5.69 Å². The zero-order chi connectivity index (χ0) is 16.2. The lowest BCUT2D eigenvalue weighted by Crippen LogP contribution is -2.47. The number of hydrogen-bond acceptors (Lipinski definition) is 5. The number of piperazine rings is 1. The molecule has 120 valence electrons. The third kappa shape index (κ3) is 3.48. The van der Waals surface area contributed by atoms with Gasteiger partial charge in [-0.05, 0) is 30.7 Å². The molecular weight excluding hydrogens is 292 g/mol. The lowest BCUT2D eigenvalue weighted by molar-refractivity contribution is 0.0696. The van der Waals surface area contributed by atoms with Crippen LogP contribution in [0.2, 0.25) is 0 Å². The van der Waals surface area contributed by atoms with Crippen molar-refractivity contribution in [3.05, 3.63) is 54.1 Å². The molecule has 23 heavy (non-hydrogen) atoms. The first-order chi connectivity index (χ1) is 11.1. The number of carboxylic acid groups (broad SMARTS) is 1. The molecule has 1 aliphatic rings. The summed E-state index contributed by atoms with van der Waals surface area (Å²) >= 11 is 0. The Kier molecular flexibility index (Phi) is 4.52. The molecule has 3 rings (SSSR count). The molecule has 0 radical (unpaired) electrons. The van der Waals surface area contributed by atoms with Gasteiger partial charge in [-0.2, -0.15) is 0 Å². The fourth-order valence-corrected chi connectivity index (χ4v) is 2.94. The van der Waals surface area contributed by atoms with Crippen molar-refractivity contribution < 1.29 is 9.90 Å². The van der Waals surface area contributed by atoms with Crippen molar-refractivity contribution in [1.29, 1.82) is 0 Å². The maximum absolute atomic E-state index is 11.1. The first-order valence-corrected chi connectivity index (χ1v) is 7.72. The standard InChI is InChI=1S/C17H20N4O2/c1-13(14-2-4-18-5-3-14)20-6-8-21(9-7-20)16-10-15(17(22)23)11-19-12-16/h2-5,10-13H,6-9H2,1H3,(H,22,23). The number of anilines is 1. The molecule has 1 atom stereocenters. The summed E-state index contributed by atoms with van der Waals surface area (Å²) in [5.74, 6) is -0.940. The first-order valence-electron chi connectivity index (χ1n) is 7.72. The van der Waals surface area contributed by atoms with E-state index in [1.807, 2.05) is 12.4 Å². The quantitative estimate of drug-likeness (QED) is 0.932. The van der Waals surface area contributed by atoms with E-state index in [0.29, 0.717) is 6.04 Å². The van der Waals surface area contributed by atoms with E-state index in [1.54, 1.807) is 12.3 Å². The fourth-order valence-electron chi connectivity index (χ4n) is 2.94. The normalized spacial score (nSPS) is 17.0. The van der Waals surface area contributed by atoms with E-state index in [-0.39, 0.29) is 5.56 Å². The fraction of sp³-hybridized carbons (Fsp3) is 0.353. The molecule has 1 unspecified atom stereocenters. The van der Waals surface area contributed by atoms with Crippen molar-refractivity contribution in [2.45, 2.75) is 13.0 Å². The van der Waals surface area contributed by atoms with Crippen LogP contribution >= 0.6 is 0 Å². The van der Waals surface area contributed by atoms with Crippen LogP contribution in [0.3, 0.4) is 0 Å². The van der Waals surface area contributed by atoms with Crippen LogP contribution in [0.15, 0.2) is 43.0 Å². The number of rotatable bonds is 4. The average Bonchev–Trinajstić information content (AvgIpc) is 2.62. The molecule has 0 aromatic carbocycles. The highest BCUT2D eigenvalue weighted by Gasteiger charge is 2.22. The Labute approximate surface area is 135 Å². The second-order valence-corrected chi connectivity index (χ2v) is 5.72. The number of carboxylic acids is 1. The zero-order valence-electron chi connectivity index (χ0n) is 13.1. The van der Waals surface area contributed by atoms with Gasteiger partial charge in [0.2, 0.25) is 0 Å². The summed E-state index contributed by atoms with van der Waals surface area (Å²) in [4.78, 5) is 23.8. The van der Waals surface area contributed by atoms with Gasteiger partial charge in [-0.1, -0.05) is 0 Å². The third-order valence-electron chi connectivity index (χ3n) is 4.39. The van der Waals surface area contributed by atoms with Crippen molar-refractivity contribution >= 4 is 11.7 Å². The van der Waals surface area contributed by atoms with Gasteiger partial charge in [0.05, 0.1) is 17.4 Å². The third-order valence-corrected chi connectivity index (χ3v) is 4.39. The number of nitrogens with zero attached hydrogens (tertiary/aromatic N) is 4. The second kappa shape index (κ2) is 6.75. The molecule has 2 aromatic heterocycles. The Morgan fingerprint density at radius 3 is 2.48 bits per heavy atom. The van der Waals surface area contributed by atoms with Gasteiger partial charge in [0.25, 0.3) is 0 Å². The van der Waals surface area contributed by atoms with Gasteiger partial charge in [-0.3, -0.25) is 14.9 Å². The Balaban J connectivity index is 1.64. The Hall–Kier alpha value is -2.47. The van der Waals surface area contributed by atoms with Crippen molar-refractivity contribution in [3.8, 4) is 0 Å². The zero-order valence-corrected chi connectivity index (χ0v) is 13.1. The van der Waals surface area contributed by atoms with Gasteiger partial charge in [-0.15, -0.1) is 0 Å². The lowest BCUT2D eigenvalue weighted by atomic mass is 10.1. The Morgan fingerprint density at radius 1 is 1.13 bits per heavy atom. The molecule has 2 aromatic rings. The average molecular weight is 312 g/mol. The second-order valence-electron chi connectivity index (χ2n) is 5.72. The molecule has 0 spiro atoms. The number of hydrogen-bond donors (Lipinski definition) is 1. The van der Waals surface area contributed by atoms with E-state index in [4.69, 9.17) is 5.11 Å². The summed E-state index contributed by atoms with van der Waals surface area (Å²) in [5.41, 5.74) is 2.37.